The first-order valence-corrected chi connectivity index (χ1v) is 6.43. The van der Waals surface area contributed by atoms with E-state index in [1.54, 1.807) is 4.90 Å². The summed E-state index contributed by atoms with van der Waals surface area (Å²) in [5, 5.41) is 8.78. The van der Waals surface area contributed by atoms with Gasteiger partial charge in [0.05, 0.1) is 5.56 Å². The topological polar surface area (TPSA) is 40.5 Å². The predicted molar refractivity (Wildman–Crippen MR) is 72.4 cm³/mol. The molecule has 0 radical (unpaired) electrons. The van der Waals surface area contributed by atoms with Gasteiger partial charge in [-0.3, -0.25) is 4.79 Å². The largest absolute Gasteiger partial charge is 0.396 e. The molecular formula is C12H16INO2. The summed E-state index contributed by atoms with van der Waals surface area (Å²) >= 11 is 2.17. The van der Waals surface area contributed by atoms with E-state index in [1.165, 1.54) is 0 Å². The van der Waals surface area contributed by atoms with Crippen LogP contribution < -0.4 is 0 Å². The molecule has 0 saturated carbocycles. The Morgan fingerprint density at radius 2 is 2.12 bits per heavy atom. The Hall–Kier alpha value is -0.620. The van der Waals surface area contributed by atoms with Crippen molar-refractivity contribution < 1.29 is 9.90 Å². The molecule has 1 aromatic rings. The first-order valence-electron chi connectivity index (χ1n) is 5.35. The summed E-state index contributed by atoms with van der Waals surface area (Å²) in [7, 11) is 0. The van der Waals surface area contributed by atoms with E-state index in [0.29, 0.717) is 19.5 Å². The van der Waals surface area contributed by atoms with Gasteiger partial charge >= 0.3 is 0 Å². The van der Waals surface area contributed by atoms with E-state index >= 15 is 0 Å². The van der Waals surface area contributed by atoms with Crippen LogP contribution in [0.3, 0.4) is 0 Å². The zero-order valence-corrected chi connectivity index (χ0v) is 11.5. The van der Waals surface area contributed by atoms with Crippen molar-refractivity contribution in [2.24, 2.45) is 0 Å². The first kappa shape index (κ1) is 13.4. The van der Waals surface area contributed by atoms with E-state index in [1.807, 2.05) is 31.2 Å². The van der Waals surface area contributed by atoms with Gasteiger partial charge in [0, 0.05) is 23.3 Å². The van der Waals surface area contributed by atoms with E-state index in [0.717, 1.165) is 9.13 Å². The average Bonchev–Trinajstić information content (AvgIpc) is 2.30. The number of amides is 1. The fourth-order valence-corrected chi connectivity index (χ4v) is 2.09. The molecule has 0 aliphatic carbocycles. The number of aliphatic hydroxyl groups is 1. The number of nitrogens with zero attached hydrogens (tertiary/aromatic N) is 1. The number of carbonyl (C=O) groups excluding carboxylic acids is 1. The lowest BCUT2D eigenvalue weighted by molar-refractivity contribution is 0.0753. The zero-order valence-electron chi connectivity index (χ0n) is 9.32. The van der Waals surface area contributed by atoms with Gasteiger partial charge in [-0.1, -0.05) is 12.1 Å². The van der Waals surface area contributed by atoms with Crippen LogP contribution in [-0.4, -0.2) is 35.6 Å². The molecule has 3 nitrogen and oxygen atoms in total. The van der Waals surface area contributed by atoms with Gasteiger partial charge in [-0.05, 0) is 48.1 Å². The molecule has 16 heavy (non-hydrogen) atoms. The standard InChI is InChI=1S/C12H16INO2/c1-2-14(8-5-9-15)12(16)10-6-3-4-7-11(10)13/h3-4,6-7,15H,2,5,8-9H2,1H3. The van der Waals surface area contributed by atoms with Crippen LogP contribution in [0.25, 0.3) is 0 Å². The summed E-state index contributed by atoms with van der Waals surface area (Å²) in [6.07, 6.45) is 0.628. The summed E-state index contributed by atoms with van der Waals surface area (Å²) in [6.45, 7) is 3.35. The molecule has 0 saturated heterocycles. The van der Waals surface area contributed by atoms with Crippen LogP contribution in [0.15, 0.2) is 24.3 Å². The van der Waals surface area contributed by atoms with Crippen LogP contribution in [0, 0.1) is 3.57 Å². The molecule has 4 heteroatoms. The van der Waals surface area contributed by atoms with E-state index in [-0.39, 0.29) is 12.5 Å². The number of hydrogen-bond acceptors (Lipinski definition) is 2. The average molecular weight is 333 g/mol. The molecule has 0 heterocycles. The van der Waals surface area contributed by atoms with Gasteiger partial charge < -0.3 is 10.0 Å². The Bertz CT molecular complexity index is 355. The van der Waals surface area contributed by atoms with Crippen LogP contribution in [0.2, 0.25) is 0 Å². The molecule has 0 aliphatic rings. The molecular weight excluding hydrogens is 317 g/mol. The predicted octanol–water partition coefficient (Wildman–Crippen LogP) is 2.14. The molecule has 0 spiro atoms. The molecule has 1 aromatic carbocycles. The number of rotatable bonds is 5. The Morgan fingerprint density at radius 1 is 1.44 bits per heavy atom. The van der Waals surface area contributed by atoms with Crippen LogP contribution in [-0.2, 0) is 0 Å². The molecule has 0 aromatic heterocycles. The van der Waals surface area contributed by atoms with Crippen LogP contribution in [0.4, 0.5) is 0 Å². The minimum Gasteiger partial charge on any atom is -0.396 e. The highest BCUT2D eigenvalue weighted by Gasteiger charge is 2.15. The maximum absolute atomic E-state index is 12.1. The number of benzene rings is 1. The van der Waals surface area contributed by atoms with Gasteiger partial charge in [0.2, 0.25) is 0 Å². The third-order valence-electron chi connectivity index (χ3n) is 2.36. The number of carbonyl (C=O) groups is 1. The Balaban J connectivity index is 2.79. The van der Waals surface area contributed by atoms with Crippen LogP contribution in [0.1, 0.15) is 23.7 Å². The summed E-state index contributed by atoms with van der Waals surface area (Å²) in [5.74, 6) is 0.0425. The fourth-order valence-electron chi connectivity index (χ4n) is 1.47. The second kappa shape index (κ2) is 6.85. The lowest BCUT2D eigenvalue weighted by atomic mass is 10.2. The van der Waals surface area contributed by atoms with Gasteiger partial charge in [-0.2, -0.15) is 0 Å². The second-order valence-electron chi connectivity index (χ2n) is 3.44. The SMILES string of the molecule is CCN(CCCO)C(=O)c1ccccc1I. The zero-order chi connectivity index (χ0) is 12.0. The highest BCUT2D eigenvalue weighted by Crippen LogP contribution is 2.14. The molecule has 0 atom stereocenters. The Labute approximate surface area is 110 Å². The molecule has 1 N–H and O–H groups in total. The number of halogens is 1. The highest BCUT2D eigenvalue weighted by molar-refractivity contribution is 14.1. The van der Waals surface area contributed by atoms with Crippen molar-refractivity contribution >= 4 is 28.5 Å². The molecule has 0 unspecified atom stereocenters. The smallest absolute Gasteiger partial charge is 0.254 e. The first-order chi connectivity index (χ1) is 7.70. The lowest BCUT2D eigenvalue weighted by Crippen LogP contribution is -2.32. The van der Waals surface area contributed by atoms with Crippen molar-refractivity contribution in [3.05, 3.63) is 33.4 Å². The normalized spacial score (nSPS) is 10.2. The molecule has 88 valence electrons. The molecule has 1 amide bonds. The second-order valence-corrected chi connectivity index (χ2v) is 4.60. The molecule has 0 bridgehead atoms. The van der Waals surface area contributed by atoms with Crippen molar-refractivity contribution in [2.75, 3.05) is 19.7 Å². The Morgan fingerprint density at radius 3 is 2.69 bits per heavy atom. The van der Waals surface area contributed by atoms with Crippen LogP contribution >= 0.6 is 22.6 Å². The summed E-state index contributed by atoms with van der Waals surface area (Å²) < 4.78 is 0.965. The van der Waals surface area contributed by atoms with Gasteiger partial charge in [0.15, 0.2) is 0 Å². The fraction of sp³-hybridized carbons (Fsp3) is 0.417. The van der Waals surface area contributed by atoms with Crippen molar-refractivity contribution in [3.8, 4) is 0 Å². The number of hydrogen-bond donors (Lipinski definition) is 1. The monoisotopic (exact) mass is 333 g/mol. The quantitative estimate of drug-likeness (QED) is 0.839. The van der Waals surface area contributed by atoms with E-state index in [9.17, 15) is 4.79 Å². The highest BCUT2D eigenvalue weighted by atomic mass is 127. The number of aliphatic hydroxyl groups excluding tert-OH is 1. The van der Waals surface area contributed by atoms with Crippen LogP contribution in [0.5, 0.6) is 0 Å². The Kier molecular flexibility index (Phi) is 5.76. The summed E-state index contributed by atoms with van der Waals surface area (Å²) in [4.78, 5) is 13.9. The molecule has 0 aliphatic heterocycles. The van der Waals surface area contributed by atoms with Gasteiger partial charge in [-0.25, -0.2) is 0 Å². The summed E-state index contributed by atoms with van der Waals surface area (Å²) in [5.41, 5.74) is 0.739. The maximum atomic E-state index is 12.1. The van der Waals surface area contributed by atoms with Gasteiger partial charge in [0.1, 0.15) is 0 Å². The van der Waals surface area contributed by atoms with Crippen molar-refractivity contribution in [1.82, 2.24) is 4.90 Å². The van der Waals surface area contributed by atoms with Crippen molar-refractivity contribution in [3.63, 3.8) is 0 Å². The third-order valence-corrected chi connectivity index (χ3v) is 3.30. The minimum absolute atomic E-state index is 0.0425. The van der Waals surface area contributed by atoms with E-state index < -0.39 is 0 Å². The summed E-state index contributed by atoms with van der Waals surface area (Å²) in [6, 6.07) is 7.55. The maximum Gasteiger partial charge on any atom is 0.254 e. The van der Waals surface area contributed by atoms with E-state index in [2.05, 4.69) is 22.6 Å². The lowest BCUT2D eigenvalue weighted by Gasteiger charge is -2.21. The molecule has 1 rings (SSSR count). The van der Waals surface area contributed by atoms with Gasteiger partial charge in [0.25, 0.3) is 5.91 Å². The van der Waals surface area contributed by atoms with Crippen molar-refractivity contribution in [1.29, 1.82) is 0 Å². The van der Waals surface area contributed by atoms with Crippen molar-refractivity contribution in [2.45, 2.75) is 13.3 Å². The van der Waals surface area contributed by atoms with E-state index in [4.69, 9.17) is 5.11 Å². The third kappa shape index (κ3) is 3.45. The minimum atomic E-state index is 0.0425. The molecule has 0 fully saturated rings. The van der Waals surface area contributed by atoms with Gasteiger partial charge in [-0.15, -0.1) is 0 Å².